The zero-order valence-corrected chi connectivity index (χ0v) is 9.51. The van der Waals surface area contributed by atoms with Gasteiger partial charge < -0.3 is 10.4 Å². The Morgan fingerprint density at radius 2 is 2.29 bits per heavy atom. The quantitative estimate of drug-likeness (QED) is 0.872. The van der Waals surface area contributed by atoms with Crippen LogP contribution in [0.15, 0.2) is 22.7 Å². The summed E-state index contributed by atoms with van der Waals surface area (Å²) in [4.78, 5) is 0. The van der Waals surface area contributed by atoms with Crippen molar-refractivity contribution in [3.05, 3.63) is 34.1 Å². The van der Waals surface area contributed by atoms with Crippen molar-refractivity contribution in [3.8, 4) is 0 Å². The number of halogens is 2. The van der Waals surface area contributed by atoms with Crippen LogP contribution in [-0.4, -0.2) is 18.3 Å². The van der Waals surface area contributed by atoms with Crippen LogP contribution in [0.3, 0.4) is 0 Å². The van der Waals surface area contributed by atoms with Crippen LogP contribution in [0.4, 0.5) is 4.39 Å². The summed E-state index contributed by atoms with van der Waals surface area (Å²) < 4.78 is 13.5. The lowest BCUT2D eigenvalue weighted by Gasteiger charge is -2.16. The van der Waals surface area contributed by atoms with Crippen molar-refractivity contribution in [2.24, 2.45) is 0 Å². The molecule has 0 aliphatic heterocycles. The lowest BCUT2D eigenvalue weighted by atomic mass is 10.1. The first kappa shape index (κ1) is 11.6. The molecule has 0 saturated carbocycles. The fourth-order valence-corrected chi connectivity index (χ4v) is 1.93. The Bertz CT molecular complexity index is 306. The summed E-state index contributed by atoms with van der Waals surface area (Å²) in [7, 11) is 0. The van der Waals surface area contributed by atoms with Gasteiger partial charge in [-0.25, -0.2) is 4.39 Å². The predicted molar refractivity (Wildman–Crippen MR) is 57.6 cm³/mol. The van der Waals surface area contributed by atoms with Gasteiger partial charge in [0.15, 0.2) is 0 Å². The molecular weight excluding hydrogens is 249 g/mol. The van der Waals surface area contributed by atoms with Crippen LogP contribution in [0.5, 0.6) is 0 Å². The third kappa shape index (κ3) is 2.77. The maximum absolute atomic E-state index is 12.8. The molecule has 2 nitrogen and oxygen atoms in total. The van der Waals surface area contributed by atoms with Crippen molar-refractivity contribution >= 4 is 15.9 Å². The maximum atomic E-state index is 12.8. The molecule has 0 radical (unpaired) electrons. The predicted octanol–water partition coefficient (Wildman–Crippen LogP) is 2.23. The second-order valence-corrected chi connectivity index (χ2v) is 3.81. The molecule has 0 fully saturated rings. The molecule has 0 heterocycles. The molecule has 1 aromatic carbocycles. The van der Waals surface area contributed by atoms with E-state index in [2.05, 4.69) is 21.2 Å². The maximum Gasteiger partial charge on any atom is 0.124 e. The molecule has 0 spiro atoms. The Morgan fingerprint density at radius 3 is 2.79 bits per heavy atom. The molecule has 1 rings (SSSR count). The molecule has 0 saturated heterocycles. The van der Waals surface area contributed by atoms with Crippen LogP contribution in [-0.2, 0) is 0 Å². The number of nitrogens with one attached hydrogen (secondary N) is 1. The van der Waals surface area contributed by atoms with E-state index in [4.69, 9.17) is 5.11 Å². The highest BCUT2D eigenvalue weighted by Gasteiger charge is 2.12. The van der Waals surface area contributed by atoms with E-state index < -0.39 is 0 Å². The number of rotatable bonds is 4. The lowest BCUT2D eigenvalue weighted by Crippen LogP contribution is -2.24. The van der Waals surface area contributed by atoms with Gasteiger partial charge in [0.2, 0.25) is 0 Å². The van der Waals surface area contributed by atoms with Gasteiger partial charge in [-0.15, -0.1) is 0 Å². The van der Waals surface area contributed by atoms with E-state index in [0.29, 0.717) is 4.47 Å². The number of benzene rings is 1. The first-order valence-electron chi connectivity index (χ1n) is 4.48. The van der Waals surface area contributed by atoms with Crippen LogP contribution in [0.25, 0.3) is 0 Å². The van der Waals surface area contributed by atoms with Crippen molar-refractivity contribution in [3.63, 3.8) is 0 Å². The normalized spacial score (nSPS) is 12.9. The van der Waals surface area contributed by atoms with Gasteiger partial charge in [0.25, 0.3) is 0 Å². The molecule has 1 unspecified atom stereocenters. The molecule has 0 aliphatic rings. The minimum Gasteiger partial charge on any atom is -0.394 e. The first-order valence-corrected chi connectivity index (χ1v) is 5.27. The minimum absolute atomic E-state index is 0.00191. The Balaban J connectivity index is 2.92. The molecule has 0 amide bonds. The van der Waals surface area contributed by atoms with Crippen molar-refractivity contribution in [2.75, 3.05) is 13.2 Å². The molecule has 2 N–H and O–H groups in total. The third-order valence-corrected chi connectivity index (χ3v) is 2.66. The van der Waals surface area contributed by atoms with Gasteiger partial charge in [-0.05, 0) is 24.2 Å². The van der Waals surface area contributed by atoms with Crippen LogP contribution in [0.1, 0.15) is 18.5 Å². The Kier molecular flexibility index (Phi) is 4.51. The lowest BCUT2D eigenvalue weighted by molar-refractivity contribution is 0.246. The number of hydrogen-bond donors (Lipinski definition) is 2. The molecule has 14 heavy (non-hydrogen) atoms. The van der Waals surface area contributed by atoms with Crippen LogP contribution < -0.4 is 5.32 Å². The van der Waals surface area contributed by atoms with E-state index in [9.17, 15) is 4.39 Å². The largest absolute Gasteiger partial charge is 0.394 e. The summed E-state index contributed by atoms with van der Waals surface area (Å²) in [6, 6.07) is 4.31. The highest BCUT2D eigenvalue weighted by molar-refractivity contribution is 9.10. The molecule has 1 atom stereocenters. The van der Waals surface area contributed by atoms with E-state index in [-0.39, 0.29) is 18.5 Å². The summed E-state index contributed by atoms with van der Waals surface area (Å²) in [6.45, 7) is 2.72. The van der Waals surface area contributed by atoms with Gasteiger partial charge in [0.1, 0.15) is 5.82 Å². The second-order valence-electron chi connectivity index (χ2n) is 2.96. The van der Waals surface area contributed by atoms with Crippen molar-refractivity contribution in [1.29, 1.82) is 0 Å². The van der Waals surface area contributed by atoms with Crippen LogP contribution in [0.2, 0.25) is 0 Å². The number of aliphatic hydroxyl groups excluding tert-OH is 1. The van der Waals surface area contributed by atoms with Gasteiger partial charge in [0, 0.05) is 4.47 Å². The molecule has 0 aromatic heterocycles. The van der Waals surface area contributed by atoms with E-state index >= 15 is 0 Å². The number of likely N-dealkylation sites (N-methyl/N-ethyl adjacent to an activating group) is 1. The molecule has 1 aromatic rings. The molecule has 0 aliphatic carbocycles. The molecule has 4 heteroatoms. The van der Waals surface area contributed by atoms with E-state index in [1.165, 1.54) is 12.1 Å². The average Bonchev–Trinajstić information content (AvgIpc) is 2.15. The Hall–Kier alpha value is -0.450. The van der Waals surface area contributed by atoms with E-state index in [1.807, 2.05) is 6.92 Å². The number of aliphatic hydroxyl groups is 1. The summed E-state index contributed by atoms with van der Waals surface area (Å²) in [6.07, 6.45) is 0. The highest BCUT2D eigenvalue weighted by Crippen LogP contribution is 2.23. The van der Waals surface area contributed by atoms with Gasteiger partial charge in [0.05, 0.1) is 12.6 Å². The van der Waals surface area contributed by atoms with Crippen LogP contribution in [0, 0.1) is 5.82 Å². The first-order chi connectivity index (χ1) is 6.69. The second kappa shape index (κ2) is 5.44. The zero-order valence-electron chi connectivity index (χ0n) is 7.93. The minimum atomic E-state index is -0.284. The smallest absolute Gasteiger partial charge is 0.124 e. The summed E-state index contributed by atoms with van der Waals surface area (Å²) in [5.41, 5.74) is 0.871. The van der Waals surface area contributed by atoms with Gasteiger partial charge in [-0.1, -0.05) is 28.9 Å². The summed E-state index contributed by atoms with van der Waals surface area (Å²) >= 11 is 3.27. The van der Waals surface area contributed by atoms with Crippen molar-refractivity contribution in [1.82, 2.24) is 5.32 Å². The summed E-state index contributed by atoms with van der Waals surface area (Å²) in [5.74, 6) is -0.284. The van der Waals surface area contributed by atoms with Crippen LogP contribution >= 0.6 is 15.9 Å². The standard InChI is InChI=1S/C10H13BrFNO/c1-2-13-10(6-14)8-4-3-7(12)5-9(8)11/h3-5,10,13-14H,2,6H2,1H3. The summed E-state index contributed by atoms with van der Waals surface area (Å²) in [5, 5.41) is 12.2. The number of hydrogen-bond acceptors (Lipinski definition) is 2. The topological polar surface area (TPSA) is 32.3 Å². The fourth-order valence-electron chi connectivity index (χ4n) is 1.30. The SMILES string of the molecule is CCNC(CO)c1ccc(F)cc1Br. The van der Waals surface area contributed by atoms with E-state index in [0.717, 1.165) is 12.1 Å². The Morgan fingerprint density at radius 1 is 1.57 bits per heavy atom. The monoisotopic (exact) mass is 261 g/mol. The molecular formula is C10H13BrFNO. The Labute approximate surface area is 91.3 Å². The van der Waals surface area contributed by atoms with Crippen molar-refractivity contribution in [2.45, 2.75) is 13.0 Å². The molecule has 78 valence electrons. The van der Waals surface area contributed by atoms with Crippen molar-refractivity contribution < 1.29 is 9.50 Å². The molecule has 0 bridgehead atoms. The average molecular weight is 262 g/mol. The van der Waals surface area contributed by atoms with E-state index in [1.54, 1.807) is 6.07 Å². The third-order valence-electron chi connectivity index (χ3n) is 1.97. The van der Waals surface area contributed by atoms with Gasteiger partial charge in [-0.2, -0.15) is 0 Å². The van der Waals surface area contributed by atoms with Gasteiger partial charge >= 0.3 is 0 Å². The fraction of sp³-hybridized carbons (Fsp3) is 0.400. The van der Waals surface area contributed by atoms with Gasteiger partial charge in [-0.3, -0.25) is 0 Å². The highest BCUT2D eigenvalue weighted by atomic mass is 79.9. The zero-order chi connectivity index (χ0) is 10.6.